The first-order chi connectivity index (χ1) is 7.30. The largest absolute Gasteiger partial charge is 0.352 e. The number of rotatable bonds is 3. The minimum absolute atomic E-state index is 0.0941. The normalized spacial score (nSPS) is 27.1. The van der Waals surface area contributed by atoms with Crippen LogP contribution in [0.25, 0.3) is 0 Å². The van der Waals surface area contributed by atoms with Crippen molar-refractivity contribution in [1.82, 2.24) is 0 Å². The molecular weight excluding hydrogens is 204 g/mol. The number of hydrogen-bond donors (Lipinski definition) is 0. The molecule has 0 aromatic carbocycles. The molecule has 0 atom stereocenters. The Morgan fingerprint density at radius 2 is 1.75 bits per heavy atom. The lowest BCUT2D eigenvalue weighted by Gasteiger charge is -2.32. The molecule has 1 rings (SSSR count). The number of carbonyl (C=O) groups excluding carboxylic acids is 1. The second-order valence-corrected chi connectivity index (χ2v) is 6.04. The fourth-order valence-corrected chi connectivity index (χ4v) is 1.83. The predicted octanol–water partition coefficient (Wildman–Crippen LogP) is 2.64. The molecule has 0 N–H and O–H groups in total. The maximum absolute atomic E-state index is 12.0. The average molecular weight is 228 g/mol. The van der Waals surface area contributed by atoms with Gasteiger partial charge in [-0.1, -0.05) is 34.6 Å². The van der Waals surface area contributed by atoms with Gasteiger partial charge in [-0.15, -0.1) is 0 Å². The quantitative estimate of drug-likeness (QED) is 0.745. The topological polar surface area (TPSA) is 35.5 Å². The van der Waals surface area contributed by atoms with Crippen LogP contribution in [0, 0.1) is 17.3 Å². The van der Waals surface area contributed by atoms with E-state index in [2.05, 4.69) is 13.8 Å². The minimum Gasteiger partial charge on any atom is -0.352 e. The van der Waals surface area contributed by atoms with E-state index in [0.717, 1.165) is 6.42 Å². The fraction of sp³-hybridized carbons (Fsp3) is 0.923. The molecule has 0 saturated carbocycles. The highest BCUT2D eigenvalue weighted by Crippen LogP contribution is 2.25. The summed E-state index contributed by atoms with van der Waals surface area (Å²) >= 11 is 0. The van der Waals surface area contributed by atoms with Gasteiger partial charge in [-0.25, -0.2) is 0 Å². The van der Waals surface area contributed by atoms with E-state index in [1.54, 1.807) is 0 Å². The number of Topliss-reactive ketones (excluding diaryl/α,β-unsaturated/α-hetero) is 1. The number of hydrogen-bond acceptors (Lipinski definition) is 3. The molecule has 0 aliphatic carbocycles. The van der Waals surface area contributed by atoms with Gasteiger partial charge in [0.25, 0.3) is 0 Å². The Labute approximate surface area is 98.5 Å². The molecule has 0 bridgehead atoms. The van der Waals surface area contributed by atoms with Gasteiger partial charge in [-0.3, -0.25) is 4.79 Å². The molecule has 94 valence electrons. The molecule has 0 unspecified atom stereocenters. The Morgan fingerprint density at radius 3 is 2.12 bits per heavy atom. The van der Waals surface area contributed by atoms with Crippen LogP contribution in [0.3, 0.4) is 0 Å². The molecule has 3 heteroatoms. The van der Waals surface area contributed by atoms with Gasteiger partial charge >= 0.3 is 0 Å². The summed E-state index contributed by atoms with van der Waals surface area (Å²) in [5.74, 6) is 0.693. The molecule has 0 spiro atoms. The highest BCUT2D eigenvalue weighted by molar-refractivity contribution is 5.86. The molecule has 16 heavy (non-hydrogen) atoms. The van der Waals surface area contributed by atoms with Gasteiger partial charge in [0.05, 0.1) is 19.1 Å². The van der Waals surface area contributed by atoms with E-state index in [0.29, 0.717) is 19.1 Å². The molecule has 0 radical (unpaired) electrons. The number of carbonyl (C=O) groups is 1. The van der Waals surface area contributed by atoms with E-state index in [1.807, 2.05) is 20.8 Å². The predicted molar refractivity (Wildman–Crippen MR) is 63.1 cm³/mol. The SMILES string of the molecule is CC(C)CC1OCC(C(=O)C(C)(C)C)CO1. The van der Waals surface area contributed by atoms with Crippen LogP contribution in [0.2, 0.25) is 0 Å². The lowest BCUT2D eigenvalue weighted by Crippen LogP contribution is -2.41. The minimum atomic E-state index is -0.303. The third-order valence-electron chi connectivity index (χ3n) is 2.74. The van der Waals surface area contributed by atoms with Crippen LogP contribution >= 0.6 is 0 Å². The second kappa shape index (κ2) is 5.28. The highest BCUT2D eigenvalue weighted by atomic mass is 16.7. The van der Waals surface area contributed by atoms with Gasteiger partial charge in [0.15, 0.2) is 6.29 Å². The van der Waals surface area contributed by atoms with Crippen molar-refractivity contribution in [2.45, 2.75) is 47.3 Å². The number of ketones is 1. The Bertz CT molecular complexity index is 232. The van der Waals surface area contributed by atoms with Gasteiger partial charge in [0.1, 0.15) is 5.78 Å². The monoisotopic (exact) mass is 228 g/mol. The summed E-state index contributed by atoms with van der Waals surface area (Å²) in [6.07, 6.45) is 0.778. The van der Waals surface area contributed by atoms with E-state index >= 15 is 0 Å². The van der Waals surface area contributed by atoms with Gasteiger partial charge in [-0.05, 0) is 5.92 Å². The van der Waals surface area contributed by atoms with Gasteiger partial charge in [-0.2, -0.15) is 0 Å². The molecule has 1 heterocycles. The standard InChI is InChI=1S/C13H24O3/c1-9(2)6-11-15-7-10(8-16-11)12(14)13(3,4)5/h9-11H,6-8H2,1-5H3. The van der Waals surface area contributed by atoms with Crippen LogP contribution in [0.5, 0.6) is 0 Å². The Kier molecular flexibility index (Phi) is 4.51. The summed E-state index contributed by atoms with van der Waals surface area (Å²) in [4.78, 5) is 12.0. The van der Waals surface area contributed by atoms with Crippen LogP contribution in [0.4, 0.5) is 0 Å². The van der Waals surface area contributed by atoms with Crippen LogP contribution < -0.4 is 0 Å². The fourth-order valence-electron chi connectivity index (χ4n) is 1.83. The first kappa shape index (κ1) is 13.7. The Hall–Kier alpha value is -0.410. The Balaban J connectivity index is 2.40. The van der Waals surface area contributed by atoms with Crippen LogP contribution in [-0.4, -0.2) is 25.3 Å². The average Bonchev–Trinajstić information content (AvgIpc) is 2.15. The van der Waals surface area contributed by atoms with Crippen molar-refractivity contribution in [3.05, 3.63) is 0 Å². The number of ether oxygens (including phenoxy) is 2. The third-order valence-corrected chi connectivity index (χ3v) is 2.74. The van der Waals surface area contributed by atoms with Crippen molar-refractivity contribution in [2.75, 3.05) is 13.2 Å². The summed E-state index contributed by atoms with van der Waals surface area (Å²) < 4.78 is 11.1. The van der Waals surface area contributed by atoms with Crippen LogP contribution in [0.15, 0.2) is 0 Å². The molecule has 1 aliphatic heterocycles. The van der Waals surface area contributed by atoms with E-state index in [4.69, 9.17) is 9.47 Å². The molecule has 1 fully saturated rings. The van der Waals surface area contributed by atoms with Gasteiger partial charge in [0.2, 0.25) is 0 Å². The molecule has 1 saturated heterocycles. The van der Waals surface area contributed by atoms with Gasteiger partial charge < -0.3 is 9.47 Å². The van der Waals surface area contributed by atoms with Crippen molar-refractivity contribution in [3.63, 3.8) is 0 Å². The van der Waals surface area contributed by atoms with E-state index < -0.39 is 0 Å². The van der Waals surface area contributed by atoms with Crippen molar-refractivity contribution in [2.24, 2.45) is 17.3 Å². The third kappa shape index (κ3) is 3.87. The lowest BCUT2D eigenvalue weighted by molar-refractivity contribution is -0.208. The van der Waals surface area contributed by atoms with Crippen LogP contribution in [-0.2, 0) is 14.3 Å². The summed E-state index contributed by atoms with van der Waals surface area (Å²) in [6, 6.07) is 0. The zero-order valence-corrected chi connectivity index (χ0v) is 11.1. The lowest BCUT2D eigenvalue weighted by atomic mass is 9.83. The molecule has 0 aromatic rings. The smallest absolute Gasteiger partial charge is 0.157 e. The van der Waals surface area contributed by atoms with E-state index in [9.17, 15) is 4.79 Å². The zero-order valence-electron chi connectivity index (χ0n) is 11.1. The molecule has 1 aliphatic rings. The second-order valence-electron chi connectivity index (χ2n) is 6.04. The Morgan fingerprint density at radius 1 is 1.25 bits per heavy atom. The summed E-state index contributed by atoms with van der Waals surface area (Å²) in [5, 5.41) is 0. The van der Waals surface area contributed by atoms with Crippen molar-refractivity contribution in [3.8, 4) is 0 Å². The van der Waals surface area contributed by atoms with Crippen molar-refractivity contribution >= 4 is 5.78 Å². The summed E-state index contributed by atoms with van der Waals surface area (Å²) in [6.45, 7) is 11.1. The first-order valence-corrected chi connectivity index (χ1v) is 6.08. The zero-order chi connectivity index (χ0) is 12.3. The molecule has 0 amide bonds. The maximum Gasteiger partial charge on any atom is 0.157 e. The van der Waals surface area contributed by atoms with Crippen molar-refractivity contribution in [1.29, 1.82) is 0 Å². The summed E-state index contributed by atoms with van der Waals surface area (Å²) in [5.41, 5.74) is -0.303. The van der Waals surface area contributed by atoms with Crippen LogP contribution in [0.1, 0.15) is 41.0 Å². The van der Waals surface area contributed by atoms with E-state index in [-0.39, 0.29) is 23.4 Å². The van der Waals surface area contributed by atoms with Crippen molar-refractivity contribution < 1.29 is 14.3 Å². The molecule has 0 aromatic heterocycles. The van der Waals surface area contributed by atoms with E-state index in [1.165, 1.54) is 0 Å². The van der Waals surface area contributed by atoms with Gasteiger partial charge in [0, 0.05) is 11.8 Å². The maximum atomic E-state index is 12.0. The summed E-state index contributed by atoms with van der Waals surface area (Å²) in [7, 11) is 0. The highest BCUT2D eigenvalue weighted by Gasteiger charge is 2.33. The first-order valence-electron chi connectivity index (χ1n) is 6.08. The molecular formula is C13H24O3. The molecule has 3 nitrogen and oxygen atoms in total.